The number of anilines is 3. The van der Waals surface area contributed by atoms with E-state index < -0.39 is 0 Å². The monoisotopic (exact) mass is 599 g/mol. The molecule has 0 bridgehead atoms. The van der Waals surface area contributed by atoms with Crippen LogP contribution in [-0.4, -0.2) is 0 Å². The van der Waals surface area contributed by atoms with E-state index in [1.165, 1.54) is 49.4 Å². The summed E-state index contributed by atoms with van der Waals surface area (Å²) in [5, 5.41) is 4.79. The third kappa shape index (κ3) is 5.49. The van der Waals surface area contributed by atoms with Crippen LogP contribution in [0.15, 0.2) is 188 Å². The molecular formula is C46H33N. The molecule has 222 valence electrons. The number of hydrogen-bond acceptors (Lipinski definition) is 1. The van der Waals surface area contributed by atoms with Crippen LogP contribution in [0.2, 0.25) is 0 Å². The van der Waals surface area contributed by atoms with Crippen LogP contribution in [0, 0.1) is 0 Å². The highest BCUT2D eigenvalue weighted by molar-refractivity contribution is 6.13. The average molecular weight is 600 g/mol. The highest BCUT2D eigenvalue weighted by atomic mass is 15.2. The molecule has 0 aliphatic heterocycles. The minimum absolute atomic E-state index is 1.11. The maximum Gasteiger partial charge on any atom is 0.0619 e. The molecule has 0 amide bonds. The summed E-state index contributed by atoms with van der Waals surface area (Å²) in [5.41, 5.74) is 10.4. The second-order valence-electron chi connectivity index (χ2n) is 11.7. The van der Waals surface area contributed by atoms with E-state index in [1.54, 1.807) is 0 Å². The molecule has 0 aliphatic rings. The fourth-order valence-electron chi connectivity index (χ4n) is 6.63. The van der Waals surface area contributed by atoms with Gasteiger partial charge < -0.3 is 4.90 Å². The van der Waals surface area contributed by atoms with Crippen LogP contribution in [0.3, 0.4) is 0 Å². The number of rotatable bonds is 7. The van der Waals surface area contributed by atoms with Gasteiger partial charge in [0.2, 0.25) is 0 Å². The lowest BCUT2D eigenvalue weighted by molar-refractivity contribution is 1.30. The van der Waals surface area contributed by atoms with Gasteiger partial charge in [-0.05, 0) is 39.1 Å². The van der Waals surface area contributed by atoms with Crippen LogP contribution in [0.1, 0.15) is 11.1 Å². The van der Waals surface area contributed by atoms with Gasteiger partial charge in [-0.2, -0.15) is 0 Å². The van der Waals surface area contributed by atoms with Crippen molar-refractivity contribution in [3.63, 3.8) is 0 Å². The van der Waals surface area contributed by atoms with Crippen molar-refractivity contribution in [2.75, 3.05) is 4.90 Å². The number of nitrogens with zero attached hydrogens (tertiary/aromatic N) is 1. The standard InChI is InChI=1S/C46H33N/c1-4-16-34(17-5-1)28-29-39-24-12-15-27-44(39)47(45-40-25-13-10-22-37(40)30-32-42(45)35-18-6-2-7-19-35)46-41-26-14-11-23-38(41)31-33-43(46)36-20-8-3-9-21-36/h1-33H/b29-28+. The van der Waals surface area contributed by atoms with Crippen LogP contribution in [0.4, 0.5) is 17.1 Å². The SMILES string of the molecule is C(=C\c1ccccc1N(c1c(-c2ccccc2)ccc2ccccc12)c1c(-c2ccccc2)ccc2ccccc12)/c1ccccc1. The molecule has 1 nitrogen and oxygen atoms in total. The first-order valence-electron chi connectivity index (χ1n) is 16.1. The minimum Gasteiger partial charge on any atom is -0.307 e. The van der Waals surface area contributed by atoms with E-state index >= 15 is 0 Å². The van der Waals surface area contributed by atoms with Gasteiger partial charge in [-0.15, -0.1) is 0 Å². The quantitative estimate of drug-likeness (QED) is 0.165. The zero-order chi connectivity index (χ0) is 31.4. The van der Waals surface area contributed by atoms with Crippen molar-refractivity contribution in [2.45, 2.75) is 0 Å². The second-order valence-corrected chi connectivity index (χ2v) is 11.7. The Morgan fingerprint density at radius 1 is 0.340 bits per heavy atom. The van der Waals surface area contributed by atoms with Crippen LogP contribution < -0.4 is 4.90 Å². The van der Waals surface area contributed by atoms with Crippen molar-refractivity contribution >= 4 is 50.8 Å². The van der Waals surface area contributed by atoms with Crippen LogP contribution in [0.25, 0.3) is 56.0 Å². The Bertz CT molecular complexity index is 2220. The van der Waals surface area contributed by atoms with Crippen molar-refractivity contribution in [2.24, 2.45) is 0 Å². The average Bonchev–Trinajstić information content (AvgIpc) is 3.15. The Labute approximate surface area is 276 Å². The van der Waals surface area contributed by atoms with Gasteiger partial charge in [-0.1, -0.05) is 194 Å². The molecule has 1 heteroatoms. The molecule has 0 spiro atoms. The fraction of sp³-hybridized carbons (Fsp3) is 0. The van der Waals surface area contributed by atoms with Crippen molar-refractivity contribution in [3.8, 4) is 22.3 Å². The number of hydrogen-bond donors (Lipinski definition) is 0. The van der Waals surface area contributed by atoms with Gasteiger partial charge in [-0.3, -0.25) is 0 Å². The van der Waals surface area contributed by atoms with Gasteiger partial charge in [0.15, 0.2) is 0 Å². The van der Waals surface area contributed by atoms with Gasteiger partial charge in [-0.25, -0.2) is 0 Å². The molecule has 0 fully saturated rings. The molecule has 47 heavy (non-hydrogen) atoms. The van der Waals surface area contributed by atoms with E-state index in [-0.39, 0.29) is 0 Å². The summed E-state index contributed by atoms with van der Waals surface area (Å²) in [7, 11) is 0. The lowest BCUT2D eigenvalue weighted by atomic mass is 9.92. The molecule has 0 heterocycles. The van der Waals surface area contributed by atoms with Gasteiger partial charge in [0, 0.05) is 21.9 Å². The molecule has 0 saturated heterocycles. The summed E-state index contributed by atoms with van der Waals surface area (Å²) in [6.45, 7) is 0. The zero-order valence-corrected chi connectivity index (χ0v) is 26.0. The maximum absolute atomic E-state index is 2.53. The lowest BCUT2D eigenvalue weighted by Crippen LogP contribution is -2.15. The number of benzene rings is 8. The van der Waals surface area contributed by atoms with E-state index in [4.69, 9.17) is 0 Å². The Balaban J connectivity index is 1.52. The highest BCUT2D eigenvalue weighted by Gasteiger charge is 2.26. The van der Waals surface area contributed by atoms with Crippen LogP contribution in [-0.2, 0) is 0 Å². The molecule has 8 rings (SSSR count). The Morgan fingerprint density at radius 3 is 1.34 bits per heavy atom. The molecule has 0 N–H and O–H groups in total. The molecule has 0 aliphatic carbocycles. The van der Waals surface area contributed by atoms with Crippen LogP contribution >= 0.6 is 0 Å². The van der Waals surface area contributed by atoms with Crippen LogP contribution in [0.5, 0.6) is 0 Å². The van der Waals surface area contributed by atoms with E-state index in [9.17, 15) is 0 Å². The predicted molar refractivity (Wildman–Crippen MR) is 202 cm³/mol. The summed E-state index contributed by atoms with van der Waals surface area (Å²) in [5.74, 6) is 0. The zero-order valence-electron chi connectivity index (χ0n) is 26.0. The summed E-state index contributed by atoms with van der Waals surface area (Å²) in [6.07, 6.45) is 4.46. The highest BCUT2D eigenvalue weighted by Crippen LogP contribution is 2.51. The Morgan fingerprint density at radius 2 is 0.787 bits per heavy atom. The molecule has 0 saturated carbocycles. The number of fused-ring (bicyclic) bond motifs is 2. The summed E-state index contributed by atoms with van der Waals surface area (Å²) < 4.78 is 0. The molecule has 0 atom stereocenters. The summed E-state index contributed by atoms with van der Waals surface area (Å²) in [6, 6.07) is 67.5. The smallest absolute Gasteiger partial charge is 0.0619 e. The second kappa shape index (κ2) is 12.7. The largest absolute Gasteiger partial charge is 0.307 e. The van der Waals surface area contributed by atoms with Gasteiger partial charge >= 0.3 is 0 Å². The molecule has 8 aromatic carbocycles. The first-order chi connectivity index (χ1) is 23.3. The molecular weight excluding hydrogens is 567 g/mol. The maximum atomic E-state index is 2.53. The molecule has 8 aromatic rings. The molecule has 0 unspecified atom stereocenters. The first-order valence-corrected chi connectivity index (χ1v) is 16.1. The van der Waals surface area contributed by atoms with Gasteiger partial charge in [0.05, 0.1) is 17.1 Å². The fourth-order valence-corrected chi connectivity index (χ4v) is 6.63. The van der Waals surface area contributed by atoms with Crippen molar-refractivity contribution in [1.82, 2.24) is 0 Å². The Kier molecular flexibility index (Phi) is 7.63. The van der Waals surface area contributed by atoms with Crippen molar-refractivity contribution < 1.29 is 0 Å². The Hall–Kier alpha value is -6.18. The normalized spacial score (nSPS) is 11.3. The summed E-state index contributed by atoms with van der Waals surface area (Å²) in [4.78, 5) is 2.53. The van der Waals surface area contributed by atoms with E-state index in [0.29, 0.717) is 0 Å². The third-order valence-electron chi connectivity index (χ3n) is 8.85. The van der Waals surface area contributed by atoms with E-state index in [2.05, 4.69) is 205 Å². The van der Waals surface area contributed by atoms with E-state index in [1.807, 2.05) is 0 Å². The van der Waals surface area contributed by atoms with Crippen molar-refractivity contribution in [1.29, 1.82) is 0 Å². The minimum atomic E-state index is 1.11. The molecule has 0 aromatic heterocycles. The first kappa shape index (κ1) is 28.3. The summed E-state index contributed by atoms with van der Waals surface area (Å²) >= 11 is 0. The molecule has 0 radical (unpaired) electrons. The number of para-hydroxylation sites is 1. The van der Waals surface area contributed by atoms with E-state index in [0.717, 1.165) is 22.6 Å². The third-order valence-corrected chi connectivity index (χ3v) is 8.85. The topological polar surface area (TPSA) is 3.24 Å². The predicted octanol–water partition coefficient (Wildman–Crippen LogP) is 13.0. The van der Waals surface area contributed by atoms with Gasteiger partial charge in [0.25, 0.3) is 0 Å². The van der Waals surface area contributed by atoms with Gasteiger partial charge in [0.1, 0.15) is 0 Å². The lowest BCUT2D eigenvalue weighted by Gasteiger charge is -2.33. The van der Waals surface area contributed by atoms with Crippen molar-refractivity contribution in [3.05, 3.63) is 199 Å².